The molecule has 0 spiro atoms. The van der Waals surface area contributed by atoms with E-state index in [0.29, 0.717) is 12.3 Å². The average molecular weight is 196 g/mol. The van der Waals surface area contributed by atoms with Crippen LogP contribution in [0.4, 0.5) is 0 Å². The summed E-state index contributed by atoms with van der Waals surface area (Å²) in [7, 11) is -3.67. The molecule has 12 heavy (non-hydrogen) atoms. The first-order valence-electron chi connectivity index (χ1n) is 3.73. The minimum atomic E-state index is -3.67. The van der Waals surface area contributed by atoms with E-state index in [1.807, 2.05) is 0 Å². The van der Waals surface area contributed by atoms with Crippen molar-refractivity contribution in [2.45, 2.75) is 13.0 Å². The van der Waals surface area contributed by atoms with Gasteiger partial charge in [0.25, 0.3) is 10.1 Å². The van der Waals surface area contributed by atoms with E-state index in [2.05, 4.69) is 11.8 Å². The van der Waals surface area contributed by atoms with E-state index in [1.54, 1.807) is 0 Å². The maximum absolute atomic E-state index is 9.19. The van der Waals surface area contributed by atoms with Gasteiger partial charge >= 0.3 is 0 Å². The highest BCUT2D eigenvalue weighted by molar-refractivity contribution is 7.85. The van der Waals surface area contributed by atoms with E-state index in [9.17, 15) is 8.42 Å². The van der Waals surface area contributed by atoms with Gasteiger partial charge in [-0.1, -0.05) is 6.92 Å². The average Bonchev–Trinajstić information content (AvgIpc) is 1.76. The first kappa shape index (κ1) is 11.8. The normalized spacial score (nSPS) is 19.3. The zero-order valence-corrected chi connectivity index (χ0v) is 8.21. The summed E-state index contributed by atoms with van der Waals surface area (Å²) in [5, 5.41) is 0. The van der Waals surface area contributed by atoms with Crippen molar-refractivity contribution in [1.29, 1.82) is 0 Å². The number of nitrogens with two attached hydrogens (primary N) is 1. The number of rotatable bonds is 1. The molecule has 74 valence electrons. The summed E-state index contributed by atoms with van der Waals surface area (Å²) in [5.41, 5.74) is 5.50. The molecule has 0 unspecified atom stereocenters. The van der Waals surface area contributed by atoms with Gasteiger partial charge in [-0.2, -0.15) is 8.42 Å². The van der Waals surface area contributed by atoms with Gasteiger partial charge in [0.05, 0.1) is 6.26 Å². The van der Waals surface area contributed by atoms with Gasteiger partial charge in [0, 0.05) is 19.1 Å². The van der Waals surface area contributed by atoms with Gasteiger partial charge in [0.2, 0.25) is 0 Å². The van der Waals surface area contributed by atoms with Crippen molar-refractivity contribution in [2.24, 2.45) is 5.73 Å². The molecule has 0 atom stereocenters. The van der Waals surface area contributed by atoms with E-state index in [4.69, 9.17) is 10.3 Å². The lowest BCUT2D eigenvalue weighted by atomic mass is 10.1. The van der Waals surface area contributed by atoms with Crippen LogP contribution in [-0.2, 0) is 10.1 Å². The molecule has 0 aromatic carbocycles. The van der Waals surface area contributed by atoms with Crippen LogP contribution < -0.4 is 5.73 Å². The largest absolute Gasteiger partial charge is 0.325 e. The van der Waals surface area contributed by atoms with Gasteiger partial charge in [-0.25, -0.2) is 0 Å². The lowest BCUT2D eigenvalue weighted by Gasteiger charge is -2.35. The van der Waals surface area contributed by atoms with Crippen molar-refractivity contribution in [3.8, 4) is 0 Å². The van der Waals surface area contributed by atoms with Gasteiger partial charge in [0.1, 0.15) is 0 Å². The number of likely N-dealkylation sites (tertiary alicyclic amines) is 1. The molecule has 5 nitrogen and oxygen atoms in total. The summed E-state index contributed by atoms with van der Waals surface area (Å²) < 4.78 is 25.9. The lowest BCUT2D eigenvalue weighted by Crippen LogP contribution is -2.55. The summed E-state index contributed by atoms with van der Waals surface area (Å²) in [6.07, 6.45) is 0.715. The fourth-order valence-electron chi connectivity index (χ4n) is 0.868. The van der Waals surface area contributed by atoms with Gasteiger partial charge in [-0.3, -0.25) is 4.55 Å². The van der Waals surface area contributed by atoms with Crippen LogP contribution in [0.5, 0.6) is 0 Å². The van der Waals surface area contributed by atoms with Crippen molar-refractivity contribution < 1.29 is 13.0 Å². The Labute approximate surface area is 73.3 Å². The van der Waals surface area contributed by atoms with Gasteiger partial charge < -0.3 is 10.6 Å². The van der Waals surface area contributed by atoms with Gasteiger partial charge in [-0.15, -0.1) is 0 Å². The van der Waals surface area contributed by atoms with E-state index in [-0.39, 0.29) is 0 Å². The van der Waals surface area contributed by atoms with E-state index >= 15 is 0 Å². The van der Waals surface area contributed by atoms with E-state index in [1.165, 1.54) is 0 Å². The Hall–Kier alpha value is -0.170. The maximum Gasteiger partial charge on any atom is 0.261 e. The molecule has 1 fully saturated rings. The number of likely N-dealkylation sites (N-methyl/N-ethyl adjacent to an activating group) is 1. The van der Waals surface area contributed by atoms with Crippen LogP contribution in [-0.4, -0.2) is 49.8 Å². The summed E-state index contributed by atoms with van der Waals surface area (Å²) >= 11 is 0. The van der Waals surface area contributed by atoms with E-state index in [0.717, 1.165) is 19.6 Å². The van der Waals surface area contributed by atoms with Gasteiger partial charge in [-0.05, 0) is 6.54 Å². The molecule has 6 heteroatoms. The third kappa shape index (κ3) is 7.93. The third-order valence-corrected chi connectivity index (χ3v) is 1.43. The van der Waals surface area contributed by atoms with Crippen molar-refractivity contribution in [3.63, 3.8) is 0 Å². The van der Waals surface area contributed by atoms with Crippen LogP contribution in [0.25, 0.3) is 0 Å². The number of hydrogen-bond donors (Lipinski definition) is 2. The molecule has 3 N–H and O–H groups in total. The first-order chi connectivity index (χ1) is 5.33. The Morgan fingerprint density at radius 2 is 1.92 bits per heavy atom. The predicted molar refractivity (Wildman–Crippen MR) is 47.6 cm³/mol. The molecular weight excluding hydrogens is 180 g/mol. The SMILES string of the molecule is CCN1CC(N)C1.CS(=O)(=O)O. The Kier molecular flexibility index (Phi) is 4.69. The monoisotopic (exact) mass is 196 g/mol. The molecule has 1 aliphatic heterocycles. The summed E-state index contributed by atoms with van der Waals surface area (Å²) in [5.74, 6) is 0. The third-order valence-electron chi connectivity index (χ3n) is 1.43. The molecule has 1 aliphatic rings. The van der Waals surface area contributed by atoms with Gasteiger partial charge in [0.15, 0.2) is 0 Å². The second-order valence-corrected chi connectivity index (χ2v) is 4.31. The molecule has 0 radical (unpaired) electrons. The van der Waals surface area contributed by atoms with Crippen LogP contribution in [0.2, 0.25) is 0 Å². The molecule has 0 aliphatic carbocycles. The zero-order chi connectivity index (χ0) is 9.78. The van der Waals surface area contributed by atoms with Crippen molar-refractivity contribution in [1.82, 2.24) is 4.90 Å². The molecule has 1 heterocycles. The molecular formula is C6H16N2O3S. The Morgan fingerprint density at radius 3 is 2.00 bits per heavy atom. The fourth-order valence-corrected chi connectivity index (χ4v) is 0.868. The molecule has 1 saturated heterocycles. The quantitative estimate of drug-likeness (QED) is 0.534. The Balaban J connectivity index is 0.000000217. The van der Waals surface area contributed by atoms with E-state index < -0.39 is 10.1 Å². The molecule has 0 amide bonds. The molecule has 0 aromatic rings. The Bertz CT molecular complexity index is 201. The van der Waals surface area contributed by atoms with Crippen LogP contribution >= 0.6 is 0 Å². The van der Waals surface area contributed by atoms with Crippen LogP contribution in [0.1, 0.15) is 6.92 Å². The number of hydrogen-bond acceptors (Lipinski definition) is 4. The minimum Gasteiger partial charge on any atom is -0.325 e. The highest BCUT2D eigenvalue weighted by Crippen LogP contribution is 2.01. The minimum absolute atomic E-state index is 0.472. The maximum atomic E-state index is 9.19. The van der Waals surface area contributed by atoms with Crippen molar-refractivity contribution >= 4 is 10.1 Å². The summed E-state index contributed by atoms with van der Waals surface area (Å²) in [4.78, 5) is 2.32. The molecule has 0 aromatic heterocycles. The molecule has 0 bridgehead atoms. The first-order valence-corrected chi connectivity index (χ1v) is 5.58. The zero-order valence-electron chi connectivity index (χ0n) is 7.40. The van der Waals surface area contributed by atoms with Crippen molar-refractivity contribution in [2.75, 3.05) is 25.9 Å². The molecule has 1 rings (SSSR count). The molecule has 0 saturated carbocycles. The smallest absolute Gasteiger partial charge is 0.261 e. The standard InChI is InChI=1S/C5H12N2.CH4O3S/c1-2-7-3-5(6)4-7;1-5(2,3)4/h5H,2-4,6H2,1H3;1H3,(H,2,3,4). The van der Waals surface area contributed by atoms with Crippen LogP contribution in [0.3, 0.4) is 0 Å². The van der Waals surface area contributed by atoms with Crippen molar-refractivity contribution in [3.05, 3.63) is 0 Å². The van der Waals surface area contributed by atoms with Crippen LogP contribution in [0.15, 0.2) is 0 Å². The number of nitrogens with zero attached hydrogens (tertiary/aromatic N) is 1. The van der Waals surface area contributed by atoms with Crippen LogP contribution in [0, 0.1) is 0 Å². The second-order valence-electron chi connectivity index (χ2n) is 2.85. The lowest BCUT2D eigenvalue weighted by molar-refractivity contribution is 0.160. The highest BCUT2D eigenvalue weighted by atomic mass is 32.2. The summed E-state index contributed by atoms with van der Waals surface area (Å²) in [6, 6.07) is 0.472. The highest BCUT2D eigenvalue weighted by Gasteiger charge is 2.19. The Morgan fingerprint density at radius 1 is 1.58 bits per heavy atom. The summed E-state index contributed by atoms with van der Waals surface area (Å²) in [6.45, 7) is 5.53. The topological polar surface area (TPSA) is 83.6 Å². The fraction of sp³-hybridized carbons (Fsp3) is 1.00. The predicted octanol–water partition coefficient (Wildman–Crippen LogP) is -0.847. The second kappa shape index (κ2) is 4.76.